The molecule has 18 heavy (non-hydrogen) atoms. The Morgan fingerprint density at radius 3 is 2.44 bits per heavy atom. The third-order valence-corrected chi connectivity index (χ3v) is 3.92. The van der Waals surface area contributed by atoms with Gasteiger partial charge in [0.1, 0.15) is 12.2 Å². The molecule has 0 aliphatic heterocycles. The second-order valence-corrected chi connectivity index (χ2v) is 5.38. The standard InChI is InChI=1S/C14H28N4/c1-6-14(7-2,10-15-8-3)9-13-16-11-17-18(13)12(4)5/h11-12,15H,6-10H2,1-5H3. The molecule has 1 N–H and O–H groups in total. The molecule has 1 aromatic heterocycles. The number of nitrogens with one attached hydrogen (secondary N) is 1. The van der Waals surface area contributed by atoms with E-state index in [4.69, 9.17) is 0 Å². The van der Waals surface area contributed by atoms with E-state index in [9.17, 15) is 0 Å². The highest BCUT2D eigenvalue weighted by atomic mass is 15.3. The average Bonchev–Trinajstić information content (AvgIpc) is 2.82. The summed E-state index contributed by atoms with van der Waals surface area (Å²) in [6.07, 6.45) is 5.02. The van der Waals surface area contributed by atoms with E-state index < -0.39 is 0 Å². The van der Waals surface area contributed by atoms with Gasteiger partial charge in [-0.05, 0) is 38.6 Å². The second kappa shape index (κ2) is 6.88. The SMILES string of the molecule is CCNCC(CC)(CC)Cc1ncnn1C(C)C. The molecule has 104 valence electrons. The number of hydrogen-bond donors (Lipinski definition) is 1. The number of aromatic nitrogens is 3. The Balaban J connectivity index is 2.85. The summed E-state index contributed by atoms with van der Waals surface area (Å²) in [5.74, 6) is 1.12. The summed E-state index contributed by atoms with van der Waals surface area (Å²) in [6, 6.07) is 0.382. The van der Waals surface area contributed by atoms with Crippen LogP contribution in [-0.4, -0.2) is 27.9 Å². The van der Waals surface area contributed by atoms with Crippen LogP contribution in [0.2, 0.25) is 0 Å². The molecule has 0 fully saturated rings. The summed E-state index contributed by atoms with van der Waals surface area (Å²) >= 11 is 0. The average molecular weight is 252 g/mol. The van der Waals surface area contributed by atoms with Crippen molar-refractivity contribution in [1.82, 2.24) is 20.1 Å². The fourth-order valence-corrected chi connectivity index (χ4v) is 2.37. The zero-order valence-electron chi connectivity index (χ0n) is 12.5. The third kappa shape index (κ3) is 3.55. The molecule has 0 aromatic carbocycles. The minimum absolute atomic E-state index is 0.301. The van der Waals surface area contributed by atoms with Gasteiger partial charge in [0.05, 0.1) is 0 Å². The van der Waals surface area contributed by atoms with Gasteiger partial charge in [-0.3, -0.25) is 0 Å². The topological polar surface area (TPSA) is 42.7 Å². The molecule has 4 nitrogen and oxygen atoms in total. The van der Waals surface area contributed by atoms with Crippen molar-refractivity contribution in [2.24, 2.45) is 5.41 Å². The lowest BCUT2D eigenvalue weighted by Gasteiger charge is -2.32. The first-order valence-corrected chi connectivity index (χ1v) is 7.17. The number of hydrogen-bond acceptors (Lipinski definition) is 3. The number of nitrogens with zero attached hydrogens (tertiary/aromatic N) is 3. The van der Waals surface area contributed by atoms with Crippen LogP contribution < -0.4 is 5.32 Å². The van der Waals surface area contributed by atoms with E-state index in [2.05, 4.69) is 50.0 Å². The monoisotopic (exact) mass is 252 g/mol. The quantitative estimate of drug-likeness (QED) is 0.773. The summed E-state index contributed by atoms with van der Waals surface area (Å²) < 4.78 is 2.05. The summed E-state index contributed by atoms with van der Waals surface area (Å²) in [5, 5.41) is 7.83. The van der Waals surface area contributed by atoms with Crippen LogP contribution in [0.5, 0.6) is 0 Å². The van der Waals surface area contributed by atoms with Crippen molar-refractivity contribution in [3.05, 3.63) is 12.2 Å². The lowest BCUT2D eigenvalue weighted by Crippen LogP contribution is -2.36. The molecule has 0 bridgehead atoms. The normalized spacial score (nSPS) is 12.3. The maximum absolute atomic E-state index is 4.45. The van der Waals surface area contributed by atoms with Crippen LogP contribution in [0, 0.1) is 5.41 Å². The highest BCUT2D eigenvalue weighted by molar-refractivity contribution is 4.95. The molecule has 0 saturated carbocycles. The van der Waals surface area contributed by atoms with E-state index in [1.165, 1.54) is 12.8 Å². The Morgan fingerprint density at radius 2 is 1.94 bits per heavy atom. The first-order valence-electron chi connectivity index (χ1n) is 7.17. The fourth-order valence-electron chi connectivity index (χ4n) is 2.37. The molecule has 0 atom stereocenters. The van der Waals surface area contributed by atoms with Crippen molar-refractivity contribution < 1.29 is 0 Å². The molecule has 0 amide bonds. The third-order valence-electron chi connectivity index (χ3n) is 3.92. The van der Waals surface area contributed by atoms with Gasteiger partial charge in [-0.15, -0.1) is 0 Å². The van der Waals surface area contributed by atoms with E-state index in [0.717, 1.165) is 25.3 Å². The van der Waals surface area contributed by atoms with Gasteiger partial charge >= 0.3 is 0 Å². The van der Waals surface area contributed by atoms with Crippen LogP contribution in [0.25, 0.3) is 0 Å². The van der Waals surface area contributed by atoms with E-state index in [1.54, 1.807) is 6.33 Å². The smallest absolute Gasteiger partial charge is 0.138 e. The first kappa shape index (κ1) is 15.2. The molecule has 0 radical (unpaired) electrons. The van der Waals surface area contributed by atoms with Crippen molar-refractivity contribution >= 4 is 0 Å². The van der Waals surface area contributed by atoms with Gasteiger partial charge in [-0.1, -0.05) is 20.8 Å². The minimum atomic E-state index is 0.301. The Kier molecular flexibility index (Phi) is 5.79. The Bertz CT molecular complexity index is 339. The summed E-state index contributed by atoms with van der Waals surface area (Å²) in [6.45, 7) is 13.1. The van der Waals surface area contributed by atoms with Gasteiger partial charge in [-0.25, -0.2) is 9.67 Å². The van der Waals surface area contributed by atoms with Gasteiger partial charge in [0.15, 0.2) is 0 Å². The first-order chi connectivity index (χ1) is 8.58. The molecule has 4 heteroatoms. The van der Waals surface area contributed by atoms with Crippen molar-refractivity contribution in [1.29, 1.82) is 0 Å². The Labute approximate surface area is 111 Å². The van der Waals surface area contributed by atoms with E-state index in [1.807, 2.05) is 4.68 Å². The maximum Gasteiger partial charge on any atom is 0.138 e. The van der Waals surface area contributed by atoms with E-state index >= 15 is 0 Å². The predicted molar refractivity (Wildman–Crippen MR) is 75.7 cm³/mol. The van der Waals surface area contributed by atoms with E-state index in [-0.39, 0.29) is 0 Å². The molecule has 1 heterocycles. The van der Waals surface area contributed by atoms with Gasteiger partial charge in [-0.2, -0.15) is 5.10 Å². The lowest BCUT2D eigenvalue weighted by molar-refractivity contribution is 0.238. The van der Waals surface area contributed by atoms with E-state index in [0.29, 0.717) is 11.5 Å². The number of rotatable bonds is 8. The highest BCUT2D eigenvalue weighted by Crippen LogP contribution is 2.30. The van der Waals surface area contributed by atoms with Gasteiger partial charge < -0.3 is 5.32 Å². The van der Waals surface area contributed by atoms with Crippen molar-refractivity contribution in [3.63, 3.8) is 0 Å². The molecular formula is C14H28N4. The Morgan fingerprint density at radius 1 is 1.28 bits per heavy atom. The van der Waals surface area contributed by atoms with Crippen LogP contribution >= 0.6 is 0 Å². The predicted octanol–water partition coefficient (Wildman–Crippen LogP) is 2.82. The molecule has 0 aliphatic carbocycles. The van der Waals surface area contributed by atoms with Crippen LogP contribution in [0.3, 0.4) is 0 Å². The summed E-state index contributed by atoms with van der Waals surface area (Å²) in [4.78, 5) is 4.45. The fraction of sp³-hybridized carbons (Fsp3) is 0.857. The second-order valence-electron chi connectivity index (χ2n) is 5.38. The molecule has 0 aliphatic rings. The van der Waals surface area contributed by atoms with Gasteiger partial charge in [0.2, 0.25) is 0 Å². The Hall–Kier alpha value is -0.900. The summed E-state index contributed by atoms with van der Waals surface area (Å²) in [5.41, 5.74) is 0.301. The lowest BCUT2D eigenvalue weighted by atomic mass is 9.78. The zero-order chi connectivity index (χ0) is 13.6. The molecule has 0 spiro atoms. The maximum atomic E-state index is 4.45. The summed E-state index contributed by atoms with van der Waals surface area (Å²) in [7, 11) is 0. The van der Waals surface area contributed by atoms with Crippen molar-refractivity contribution in [2.75, 3.05) is 13.1 Å². The molecule has 0 unspecified atom stereocenters. The molecular weight excluding hydrogens is 224 g/mol. The molecule has 0 saturated heterocycles. The highest BCUT2D eigenvalue weighted by Gasteiger charge is 2.28. The van der Waals surface area contributed by atoms with Crippen molar-refractivity contribution in [2.45, 2.75) is 59.9 Å². The van der Waals surface area contributed by atoms with Crippen LogP contribution in [0.1, 0.15) is 59.3 Å². The van der Waals surface area contributed by atoms with Crippen molar-refractivity contribution in [3.8, 4) is 0 Å². The van der Waals surface area contributed by atoms with Crippen LogP contribution in [0.15, 0.2) is 6.33 Å². The van der Waals surface area contributed by atoms with Crippen LogP contribution in [0.4, 0.5) is 0 Å². The largest absolute Gasteiger partial charge is 0.316 e. The zero-order valence-corrected chi connectivity index (χ0v) is 12.5. The minimum Gasteiger partial charge on any atom is -0.316 e. The molecule has 1 aromatic rings. The van der Waals surface area contributed by atoms with Gasteiger partial charge in [0, 0.05) is 19.0 Å². The van der Waals surface area contributed by atoms with Gasteiger partial charge in [0.25, 0.3) is 0 Å². The van der Waals surface area contributed by atoms with Crippen LogP contribution in [-0.2, 0) is 6.42 Å². The molecule has 1 rings (SSSR count).